The minimum Gasteiger partial charge on any atom is -0.506 e. The van der Waals surface area contributed by atoms with Crippen molar-refractivity contribution in [1.82, 2.24) is 4.98 Å². The van der Waals surface area contributed by atoms with E-state index in [2.05, 4.69) is 4.98 Å². The summed E-state index contributed by atoms with van der Waals surface area (Å²) in [6.07, 6.45) is 3.19. The minimum absolute atomic E-state index is 0.133. The Bertz CT molecular complexity index is 452. The first-order valence-corrected chi connectivity index (χ1v) is 5.55. The Hall–Kier alpha value is -1.78. The summed E-state index contributed by atoms with van der Waals surface area (Å²) in [5.41, 5.74) is 0.870. The molecule has 1 N–H and O–H groups in total. The lowest BCUT2D eigenvalue weighted by Gasteiger charge is -2.24. The van der Waals surface area contributed by atoms with E-state index in [0.717, 1.165) is 5.56 Å². The van der Waals surface area contributed by atoms with Gasteiger partial charge in [-0.3, -0.25) is 9.88 Å². The van der Waals surface area contributed by atoms with Crippen molar-refractivity contribution in [1.29, 1.82) is 0 Å². The molecule has 0 aliphatic carbocycles. The van der Waals surface area contributed by atoms with Crippen LogP contribution >= 0.6 is 0 Å². The van der Waals surface area contributed by atoms with E-state index in [1.807, 2.05) is 20.8 Å². The third kappa shape index (κ3) is 2.33. The summed E-state index contributed by atoms with van der Waals surface area (Å²) in [6, 6.07) is 0. The van der Waals surface area contributed by atoms with E-state index in [4.69, 9.17) is 4.74 Å². The molecule has 0 saturated carbocycles. The standard InChI is InChI=1S/C12H16N2O3/c1-12(2,3)17-11(16)14-5-4-8-9(14)6-13-7-10(8)15/h6-7,15H,4-5H2,1-3H3. The van der Waals surface area contributed by atoms with Crippen molar-refractivity contribution < 1.29 is 14.6 Å². The molecular formula is C12H16N2O3. The van der Waals surface area contributed by atoms with Gasteiger partial charge in [-0.25, -0.2) is 4.79 Å². The summed E-state index contributed by atoms with van der Waals surface area (Å²) in [5, 5.41) is 9.62. The number of nitrogens with zero attached hydrogens (tertiary/aromatic N) is 2. The Balaban J connectivity index is 2.23. The lowest BCUT2D eigenvalue weighted by molar-refractivity contribution is 0.0584. The van der Waals surface area contributed by atoms with Crippen LogP contribution in [0.2, 0.25) is 0 Å². The van der Waals surface area contributed by atoms with Crippen LogP contribution in [0.1, 0.15) is 26.3 Å². The molecule has 0 atom stereocenters. The minimum atomic E-state index is -0.524. The molecule has 0 spiro atoms. The van der Waals surface area contributed by atoms with E-state index in [-0.39, 0.29) is 5.75 Å². The van der Waals surface area contributed by atoms with Crippen LogP contribution in [0.5, 0.6) is 5.75 Å². The monoisotopic (exact) mass is 236 g/mol. The fourth-order valence-corrected chi connectivity index (χ4v) is 1.80. The van der Waals surface area contributed by atoms with Crippen LogP contribution in [0.15, 0.2) is 12.4 Å². The van der Waals surface area contributed by atoms with E-state index < -0.39 is 11.7 Å². The van der Waals surface area contributed by atoms with E-state index in [1.54, 1.807) is 6.20 Å². The molecule has 5 heteroatoms. The number of amides is 1. The van der Waals surface area contributed by atoms with Crippen molar-refractivity contribution in [2.24, 2.45) is 0 Å². The van der Waals surface area contributed by atoms with Crippen LogP contribution in [-0.2, 0) is 11.2 Å². The number of pyridine rings is 1. The van der Waals surface area contributed by atoms with Crippen LogP contribution < -0.4 is 4.90 Å². The van der Waals surface area contributed by atoms with Gasteiger partial charge in [0.15, 0.2) is 0 Å². The van der Waals surface area contributed by atoms with Gasteiger partial charge in [0.2, 0.25) is 0 Å². The van der Waals surface area contributed by atoms with Gasteiger partial charge in [0, 0.05) is 12.1 Å². The van der Waals surface area contributed by atoms with Crippen LogP contribution in [0.3, 0.4) is 0 Å². The molecule has 1 aromatic heterocycles. The van der Waals surface area contributed by atoms with Crippen molar-refractivity contribution in [2.45, 2.75) is 32.8 Å². The van der Waals surface area contributed by atoms with Gasteiger partial charge in [-0.05, 0) is 27.2 Å². The first-order chi connectivity index (χ1) is 7.88. The van der Waals surface area contributed by atoms with Gasteiger partial charge < -0.3 is 9.84 Å². The molecular weight excluding hydrogens is 220 g/mol. The van der Waals surface area contributed by atoms with E-state index in [9.17, 15) is 9.90 Å². The van der Waals surface area contributed by atoms with Gasteiger partial charge >= 0.3 is 6.09 Å². The molecule has 0 fully saturated rings. The Kier molecular flexibility index (Phi) is 2.69. The normalized spacial score (nSPS) is 14.6. The number of aromatic hydroxyl groups is 1. The average Bonchev–Trinajstić information content (AvgIpc) is 2.60. The third-order valence-electron chi connectivity index (χ3n) is 2.50. The highest BCUT2D eigenvalue weighted by Gasteiger charge is 2.30. The lowest BCUT2D eigenvalue weighted by Crippen LogP contribution is -2.35. The van der Waals surface area contributed by atoms with E-state index >= 15 is 0 Å². The molecule has 1 aliphatic heterocycles. The molecule has 0 saturated heterocycles. The quantitative estimate of drug-likeness (QED) is 0.749. The van der Waals surface area contributed by atoms with Gasteiger partial charge in [0.1, 0.15) is 11.4 Å². The summed E-state index contributed by atoms with van der Waals surface area (Å²) < 4.78 is 5.30. The van der Waals surface area contributed by atoms with Crippen molar-refractivity contribution in [3.8, 4) is 5.75 Å². The predicted octanol–water partition coefficient (Wildman–Crippen LogP) is 2.08. The molecule has 1 aliphatic rings. The highest BCUT2D eigenvalue weighted by Crippen LogP contribution is 2.33. The number of anilines is 1. The fourth-order valence-electron chi connectivity index (χ4n) is 1.80. The summed E-state index contributed by atoms with van der Waals surface area (Å²) >= 11 is 0. The largest absolute Gasteiger partial charge is 0.506 e. The van der Waals surface area contributed by atoms with Crippen LogP contribution in [0, 0.1) is 0 Å². The Labute approximate surface area is 100 Å². The molecule has 92 valence electrons. The molecule has 1 amide bonds. The second kappa shape index (κ2) is 3.91. The van der Waals surface area contributed by atoms with Crippen molar-refractivity contribution in [3.63, 3.8) is 0 Å². The van der Waals surface area contributed by atoms with Crippen LogP contribution in [0.25, 0.3) is 0 Å². The molecule has 0 radical (unpaired) electrons. The predicted molar refractivity (Wildman–Crippen MR) is 63.2 cm³/mol. The van der Waals surface area contributed by atoms with Gasteiger partial charge in [0.25, 0.3) is 0 Å². The van der Waals surface area contributed by atoms with Gasteiger partial charge in [-0.2, -0.15) is 0 Å². The topological polar surface area (TPSA) is 62.7 Å². The Morgan fingerprint density at radius 2 is 2.18 bits per heavy atom. The van der Waals surface area contributed by atoms with Crippen molar-refractivity contribution in [2.75, 3.05) is 11.4 Å². The number of carbonyl (C=O) groups is 1. The Morgan fingerprint density at radius 3 is 2.82 bits per heavy atom. The summed E-state index contributed by atoms with van der Waals surface area (Å²) in [4.78, 5) is 17.3. The fraction of sp³-hybridized carbons (Fsp3) is 0.500. The lowest BCUT2D eigenvalue weighted by atomic mass is 10.2. The second-order valence-electron chi connectivity index (χ2n) is 5.04. The zero-order valence-corrected chi connectivity index (χ0v) is 10.2. The highest BCUT2D eigenvalue weighted by atomic mass is 16.6. The first kappa shape index (κ1) is 11.7. The number of hydrogen-bond acceptors (Lipinski definition) is 4. The molecule has 2 rings (SSSR count). The van der Waals surface area contributed by atoms with Gasteiger partial charge in [-0.15, -0.1) is 0 Å². The smallest absolute Gasteiger partial charge is 0.414 e. The van der Waals surface area contributed by atoms with Crippen LogP contribution in [-0.4, -0.2) is 28.3 Å². The molecule has 5 nitrogen and oxygen atoms in total. The van der Waals surface area contributed by atoms with E-state index in [1.165, 1.54) is 11.1 Å². The maximum absolute atomic E-state index is 11.9. The number of rotatable bonds is 0. The summed E-state index contributed by atoms with van der Waals surface area (Å²) in [6.45, 7) is 5.98. The molecule has 1 aromatic rings. The summed E-state index contributed by atoms with van der Waals surface area (Å²) in [7, 11) is 0. The maximum Gasteiger partial charge on any atom is 0.414 e. The van der Waals surface area contributed by atoms with Crippen molar-refractivity contribution >= 4 is 11.8 Å². The Morgan fingerprint density at radius 1 is 1.47 bits per heavy atom. The molecule has 17 heavy (non-hydrogen) atoms. The highest BCUT2D eigenvalue weighted by molar-refractivity contribution is 5.90. The zero-order valence-electron chi connectivity index (χ0n) is 10.2. The number of hydrogen-bond donors (Lipinski definition) is 1. The maximum atomic E-state index is 11.9. The number of carbonyl (C=O) groups excluding carboxylic acids is 1. The van der Waals surface area contributed by atoms with Crippen molar-refractivity contribution in [3.05, 3.63) is 18.0 Å². The second-order valence-corrected chi connectivity index (χ2v) is 5.04. The first-order valence-electron chi connectivity index (χ1n) is 5.55. The number of ether oxygens (including phenoxy) is 1. The van der Waals surface area contributed by atoms with Gasteiger partial charge in [-0.1, -0.05) is 0 Å². The molecule has 2 heterocycles. The third-order valence-corrected chi connectivity index (χ3v) is 2.50. The number of fused-ring (bicyclic) bond motifs is 1. The van der Waals surface area contributed by atoms with Crippen LogP contribution in [0.4, 0.5) is 10.5 Å². The molecule has 0 unspecified atom stereocenters. The molecule has 0 aromatic carbocycles. The zero-order chi connectivity index (χ0) is 12.6. The SMILES string of the molecule is CC(C)(C)OC(=O)N1CCc2c(O)cncc21. The number of aromatic nitrogens is 1. The summed E-state index contributed by atoms with van der Waals surface area (Å²) in [5.74, 6) is 0.133. The average molecular weight is 236 g/mol. The van der Waals surface area contributed by atoms with E-state index in [0.29, 0.717) is 18.7 Å². The molecule has 0 bridgehead atoms. The van der Waals surface area contributed by atoms with Gasteiger partial charge in [0.05, 0.1) is 18.1 Å².